The highest BCUT2D eigenvalue weighted by atomic mass is 31.2. The van der Waals surface area contributed by atoms with Crippen molar-refractivity contribution in [2.24, 2.45) is 11.8 Å². The Morgan fingerprint density at radius 2 is 0.474 bits per heavy atom. The molecule has 0 amide bonds. The summed E-state index contributed by atoms with van der Waals surface area (Å²) in [7, 11) is -9.91. The molecule has 0 spiro atoms. The van der Waals surface area contributed by atoms with Crippen LogP contribution in [0.1, 0.15) is 408 Å². The lowest BCUT2D eigenvalue weighted by molar-refractivity contribution is -0.161. The Labute approximate surface area is 594 Å². The SMILES string of the molecule is CCCCCCCCCCCCCCCCCCCCCCCC(=O)O[C@H](COC(=O)CCCCCCCCCCCCCCCCC(C)C)COP(=O)(O)OC[C@@H](O)COP(=O)(O)OC[C@@H](COC(=O)CCCCCCCCCC)OC(=O)CCCCCCCCCCC(C)C. The van der Waals surface area contributed by atoms with Gasteiger partial charge in [-0.05, 0) is 37.5 Å². The summed E-state index contributed by atoms with van der Waals surface area (Å²) >= 11 is 0. The molecule has 0 fully saturated rings. The number of carbonyl (C=O) groups is 4. The van der Waals surface area contributed by atoms with Gasteiger partial charge in [0, 0.05) is 25.7 Å². The largest absolute Gasteiger partial charge is 0.472 e. The number of phosphoric acid groups is 2. The zero-order chi connectivity index (χ0) is 71.4. The first-order valence-corrected chi connectivity index (χ1v) is 43.5. The van der Waals surface area contributed by atoms with Gasteiger partial charge in [0.25, 0.3) is 0 Å². The van der Waals surface area contributed by atoms with E-state index in [0.29, 0.717) is 25.7 Å². The molecule has 0 saturated heterocycles. The van der Waals surface area contributed by atoms with Crippen molar-refractivity contribution in [3.05, 3.63) is 0 Å². The minimum atomic E-state index is -4.96. The second-order valence-corrected chi connectivity index (χ2v) is 32.0. The Morgan fingerprint density at radius 1 is 0.278 bits per heavy atom. The van der Waals surface area contributed by atoms with Crippen molar-refractivity contribution in [1.29, 1.82) is 0 Å². The molecule has 0 bridgehead atoms. The van der Waals surface area contributed by atoms with Crippen LogP contribution >= 0.6 is 15.6 Å². The first-order chi connectivity index (χ1) is 46.9. The van der Waals surface area contributed by atoms with Gasteiger partial charge >= 0.3 is 39.5 Å². The Hall–Kier alpha value is -1.94. The molecule has 0 aliphatic rings. The van der Waals surface area contributed by atoms with Crippen molar-refractivity contribution >= 4 is 39.5 Å². The molecule has 5 atom stereocenters. The number of ether oxygens (including phenoxy) is 4. The summed E-state index contributed by atoms with van der Waals surface area (Å²) in [6.07, 6.45) is 58.5. The number of aliphatic hydroxyl groups excluding tert-OH is 1. The summed E-state index contributed by atoms with van der Waals surface area (Å²) in [5.41, 5.74) is 0. The minimum Gasteiger partial charge on any atom is -0.462 e. The number of unbranched alkanes of at least 4 members (excludes halogenated alkanes) is 47. The van der Waals surface area contributed by atoms with Crippen molar-refractivity contribution in [2.45, 2.75) is 426 Å². The number of aliphatic hydroxyl groups is 1. The topological polar surface area (TPSA) is 237 Å². The summed E-state index contributed by atoms with van der Waals surface area (Å²) < 4.78 is 68.5. The third-order valence-corrected chi connectivity index (χ3v) is 20.1. The van der Waals surface area contributed by atoms with Crippen LogP contribution in [0.15, 0.2) is 0 Å². The van der Waals surface area contributed by atoms with Crippen molar-refractivity contribution < 1.29 is 80.2 Å². The van der Waals surface area contributed by atoms with E-state index < -0.39 is 97.5 Å². The zero-order valence-electron chi connectivity index (χ0n) is 63.4. The molecule has 0 aromatic rings. The van der Waals surface area contributed by atoms with Gasteiger partial charge in [-0.1, -0.05) is 356 Å². The van der Waals surface area contributed by atoms with Gasteiger partial charge in [-0.25, -0.2) is 9.13 Å². The third kappa shape index (κ3) is 72.2. The van der Waals surface area contributed by atoms with Gasteiger partial charge in [-0.15, -0.1) is 0 Å². The van der Waals surface area contributed by atoms with E-state index in [1.54, 1.807) is 0 Å². The van der Waals surface area contributed by atoms with Crippen LogP contribution in [0.3, 0.4) is 0 Å². The number of esters is 4. The Bertz CT molecular complexity index is 1870. The molecule has 2 unspecified atom stereocenters. The van der Waals surface area contributed by atoms with Gasteiger partial charge in [0.05, 0.1) is 26.4 Å². The van der Waals surface area contributed by atoms with Crippen LogP contribution in [-0.4, -0.2) is 96.7 Å². The van der Waals surface area contributed by atoms with Gasteiger partial charge < -0.3 is 33.8 Å². The summed E-state index contributed by atoms with van der Waals surface area (Å²) in [6.45, 7) is 9.56. The van der Waals surface area contributed by atoms with Crippen molar-refractivity contribution in [3.63, 3.8) is 0 Å². The van der Waals surface area contributed by atoms with Crippen LogP contribution in [0.2, 0.25) is 0 Å². The second kappa shape index (κ2) is 69.8. The van der Waals surface area contributed by atoms with E-state index in [1.165, 1.54) is 218 Å². The molecule has 0 heterocycles. The number of carbonyl (C=O) groups excluding carboxylic acids is 4. The van der Waals surface area contributed by atoms with Gasteiger partial charge in [0.2, 0.25) is 0 Å². The standard InChI is InChI=1S/C78H152O17P2/c1-7-9-11-13-15-17-18-19-20-21-22-23-24-25-26-31-34-37-44-50-56-62-77(82)94-74(67-89-76(81)61-55-49-43-36-33-30-28-27-29-32-35-40-46-52-58-70(3)4)69-93-97(86,87)91-65-72(79)64-90-96(84,85)92-68-73(66-88-75(80)60-54-48-42-16-14-12-10-8-2)95-78(83)63-57-51-45-39-38-41-47-53-59-71(5)6/h70-74,79H,7-69H2,1-6H3,(H,84,85)(H,86,87)/t72-,73+,74+/m0/s1. The lowest BCUT2D eigenvalue weighted by Crippen LogP contribution is -2.30. The van der Waals surface area contributed by atoms with E-state index >= 15 is 0 Å². The molecule has 0 saturated carbocycles. The fourth-order valence-electron chi connectivity index (χ4n) is 12.0. The first-order valence-electron chi connectivity index (χ1n) is 40.5. The number of hydrogen-bond acceptors (Lipinski definition) is 15. The molecule has 97 heavy (non-hydrogen) atoms. The smallest absolute Gasteiger partial charge is 0.462 e. The van der Waals surface area contributed by atoms with Crippen LogP contribution in [-0.2, 0) is 65.4 Å². The highest BCUT2D eigenvalue weighted by molar-refractivity contribution is 7.47. The molecular weight excluding hydrogens is 1270 g/mol. The molecule has 19 heteroatoms. The van der Waals surface area contributed by atoms with Crippen LogP contribution in [0.5, 0.6) is 0 Å². The molecule has 576 valence electrons. The molecule has 0 aromatic carbocycles. The van der Waals surface area contributed by atoms with E-state index in [2.05, 4.69) is 41.5 Å². The summed E-state index contributed by atoms with van der Waals surface area (Å²) in [5, 5.41) is 10.6. The first kappa shape index (κ1) is 95.1. The maximum Gasteiger partial charge on any atom is 0.472 e. The van der Waals surface area contributed by atoms with E-state index in [9.17, 15) is 43.2 Å². The van der Waals surface area contributed by atoms with Crippen molar-refractivity contribution in [2.75, 3.05) is 39.6 Å². The fourth-order valence-corrected chi connectivity index (χ4v) is 13.6. The van der Waals surface area contributed by atoms with E-state index in [4.69, 9.17) is 37.0 Å². The molecule has 0 radical (unpaired) electrons. The maximum absolute atomic E-state index is 13.1. The molecule has 0 aromatic heterocycles. The lowest BCUT2D eigenvalue weighted by atomic mass is 10.0. The molecule has 3 N–H and O–H groups in total. The molecule has 0 aliphatic heterocycles. The lowest BCUT2D eigenvalue weighted by Gasteiger charge is -2.21. The van der Waals surface area contributed by atoms with Crippen LogP contribution in [0.4, 0.5) is 0 Å². The summed E-state index contributed by atoms with van der Waals surface area (Å²) in [4.78, 5) is 72.8. The zero-order valence-corrected chi connectivity index (χ0v) is 65.2. The van der Waals surface area contributed by atoms with Crippen LogP contribution in [0.25, 0.3) is 0 Å². The van der Waals surface area contributed by atoms with Gasteiger partial charge in [-0.2, -0.15) is 0 Å². The Balaban J connectivity index is 5.18. The third-order valence-electron chi connectivity index (χ3n) is 18.2. The van der Waals surface area contributed by atoms with Gasteiger partial charge in [0.15, 0.2) is 12.2 Å². The monoisotopic (exact) mass is 1420 g/mol. The highest BCUT2D eigenvalue weighted by Crippen LogP contribution is 2.45. The maximum atomic E-state index is 13.1. The van der Waals surface area contributed by atoms with Crippen molar-refractivity contribution in [3.8, 4) is 0 Å². The van der Waals surface area contributed by atoms with Crippen LogP contribution < -0.4 is 0 Å². The summed E-state index contributed by atoms with van der Waals surface area (Å²) in [6, 6.07) is 0. The minimum absolute atomic E-state index is 0.105. The van der Waals surface area contributed by atoms with E-state index in [0.717, 1.165) is 108 Å². The number of phosphoric ester groups is 2. The average molecular weight is 1420 g/mol. The second-order valence-electron chi connectivity index (χ2n) is 29.1. The predicted octanol–water partition coefficient (Wildman–Crippen LogP) is 23.1. The molecular formula is C78H152O17P2. The van der Waals surface area contributed by atoms with Crippen molar-refractivity contribution in [1.82, 2.24) is 0 Å². The number of hydrogen-bond donors (Lipinski definition) is 3. The Kier molecular flexibility index (Phi) is 68.4. The Morgan fingerprint density at radius 3 is 0.701 bits per heavy atom. The molecule has 0 aliphatic carbocycles. The summed E-state index contributed by atoms with van der Waals surface area (Å²) in [5.74, 6) is -0.601. The average Bonchev–Trinajstić information content (AvgIpc) is 1.13. The quantitative estimate of drug-likeness (QED) is 0.0222. The molecule has 0 rings (SSSR count). The fraction of sp³-hybridized carbons (Fsp3) is 0.949. The van der Waals surface area contributed by atoms with E-state index in [1.807, 2.05) is 0 Å². The van der Waals surface area contributed by atoms with E-state index in [-0.39, 0.29) is 25.7 Å². The van der Waals surface area contributed by atoms with Crippen LogP contribution in [0, 0.1) is 11.8 Å². The molecule has 17 nitrogen and oxygen atoms in total. The normalized spacial score (nSPS) is 14.0. The highest BCUT2D eigenvalue weighted by Gasteiger charge is 2.30. The van der Waals surface area contributed by atoms with Gasteiger partial charge in [0.1, 0.15) is 19.3 Å². The number of rotatable bonds is 77. The predicted molar refractivity (Wildman–Crippen MR) is 395 cm³/mol. The van der Waals surface area contributed by atoms with Gasteiger partial charge in [-0.3, -0.25) is 37.3 Å².